The number of hydrogen-bond donors (Lipinski definition) is 1. The second-order valence-corrected chi connectivity index (χ2v) is 6.60. The third-order valence-corrected chi connectivity index (χ3v) is 5.37. The van der Waals surface area contributed by atoms with E-state index in [4.69, 9.17) is 4.42 Å². The summed E-state index contributed by atoms with van der Waals surface area (Å²) >= 11 is 0.846. The zero-order valence-corrected chi connectivity index (χ0v) is 12.3. The molecule has 0 saturated heterocycles. The average Bonchev–Trinajstić information content (AvgIpc) is 3.08. The number of thiazole rings is 1. The highest BCUT2D eigenvalue weighted by Crippen LogP contribution is 2.23. The highest BCUT2D eigenvalue weighted by Gasteiger charge is 2.28. The SMILES string of the molecule is COC(=O)c1ncsc1S(=O)(=O)N[C@@H](C)c1ccco1. The van der Waals surface area contributed by atoms with E-state index in [2.05, 4.69) is 14.4 Å². The fraction of sp³-hybridized carbons (Fsp3) is 0.273. The molecule has 0 aliphatic heterocycles. The topological polar surface area (TPSA) is 98.5 Å². The maximum Gasteiger partial charge on any atom is 0.358 e. The van der Waals surface area contributed by atoms with E-state index in [9.17, 15) is 13.2 Å². The van der Waals surface area contributed by atoms with Crippen molar-refractivity contribution in [2.45, 2.75) is 17.2 Å². The van der Waals surface area contributed by atoms with Crippen LogP contribution in [0.5, 0.6) is 0 Å². The van der Waals surface area contributed by atoms with Gasteiger partial charge >= 0.3 is 5.97 Å². The van der Waals surface area contributed by atoms with Crippen molar-refractivity contribution in [3.63, 3.8) is 0 Å². The van der Waals surface area contributed by atoms with Crippen LogP contribution in [0.3, 0.4) is 0 Å². The number of methoxy groups -OCH3 is 1. The van der Waals surface area contributed by atoms with Gasteiger partial charge in [0.25, 0.3) is 10.0 Å². The van der Waals surface area contributed by atoms with Crippen LogP contribution in [0, 0.1) is 0 Å². The summed E-state index contributed by atoms with van der Waals surface area (Å²) in [5.41, 5.74) is 1.05. The Labute approximate surface area is 119 Å². The van der Waals surface area contributed by atoms with E-state index in [0.29, 0.717) is 5.76 Å². The van der Waals surface area contributed by atoms with Gasteiger partial charge in [-0.3, -0.25) is 0 Å². The van der Waals surface area contributed by atoms with Crippen molar-refractivity contribution in [2.75, 3.05) is 7.11 Å². The molecule has 0 unspecified atom stereocenters. The lowest BCUT2D eigenvalue weighted by atomic mass is 10.3. The third-order valence-electron chi connectivity index (χ3n) is 2.46. The van der Waals surface area contributed by atoms with E-state index < -0.39 is 22.0 Å². The van der Waals surface area contributed by atoms with Crippen molar-refractivity contribution < 1.29 is 22.4 Å². The van der Waals surface area contributed by atoms with Gasteiger partial charge in [-0.1, -0.05) is 0 Å². The molecular weight excluding hydrogens is 304 g/mol. The Hall–Kier alpha value is -1.71. The predicted octanol–water partition coefficient (Wildman–Crippen LogP) is 1.56. The van der Waals surface area contributed by atoms with Gasteiger partial charge in [0.2, 0.25) is 0 Å². The van der Waals surface area contributed by atoms with Crippen molar-refractivity contribution >= 4 is 27.3 Å². The smallest absolute Gasteiger partial charge is 0.358 e. The molecule has 0 amide bonds. The van der Waals surface area contributed by atoms with Gasteiger partial charge in [-0.2, -0.15) is 4.72 Å². The molecule has 108 valence electrons. The lowest BCUT2D eigenvalue weighted by molar-refractivity contribution is 0.0590. The summed E-state index contributed by atoms with van der Waals surface area (Å²) < 4.78 is 36.4. The van der Waals surface area contributed by atoms with Gasteiger partial charge in [-0.05, 0) is 19.1 Å². The molecule has 0 aliphatic rings. The minimum atomic E-state index is -3.88. The minimum absolute atomic E-state index is 0.178. The van der Waals surface area contributed by atoms with E-state index in [-0.39, 0.29) is 9.90 Å². The Morgan fingerprint density at radius 2 is 2.30 bits per heavy atom. The first-order chi connectivity index (χ1) is 9.45. The number of carbonyl (C=O) groups excluding carboxylic acids is 1. The summed E-state index contributed by atoms with van der Waals surface area (Å²) in [6.45, 7) is 1.63. The predicted molar refractivity (Wildman–Crippen MR) is 70.9 cm³/mol. The van der Waals surface area contributed by atoms with E-state index >= 15 is 0 Å². The molecule has 7 nitrogen and oxygen atoms in total. The zero-order valence-electron chi connectivity index (χ0n) is 10.7. The number of esters is 1. The van der Waals surface area contributed by atoms with E-state index in [0.717, 1.165) is 18.4 Å². The van der Waals surface area contributed by atoms with Gasteiger partial charge in [0.15, 0.2) is 9.90 Å². The van der Waals surface area contributed by atoms with Crippen LogP contribution in [-0.2, 0) is 14.8 Å². The quantitative estimate of drug-likeness (QED) is 0.841. The first-order valence-electron chi connectivity index (χ1n) is 5.53. The number of ether oxygens (including phenoxy) is 1. The second kappa shape index (κ2) is 5.73. The maximum absolute atomic E-state index is 12.2. The molecule has 1 atom stereocenters. The van der Waals surface area contributed by atoms with Crippen LogP contribution in [0.4, 0.5) is 0 Å². The van der Waals surface area contributed by atoms with Gasteiger partial charge in [0, 0.05) is 0 Å². The molecule has 1 N–H and O–H groups in total. The summed E-state index contributed by atoms with van der Waals surface area (Å²) in [5.74, 6) is -0.324. The minimum Gasteiger partial charge on any atom is -0.468 e. The van der Waals surface area contributed by atoms with Crippen LogP contribution in [0.2, 0.25) is 0 Å². The van der Waals surface area contributed by atoms with E-state index in [1.54, 1.807) is 19.1 Å². The summed E-state index contributed by atoms with van der Waals surface area (Å²) in [6, 6.07) is 2.75. The van der Waals surface area contributed by atoms with Gasteiger partial charge < -0.3 is 9.15 Å². The van der Waals surface area contributed by atoms with Crippen molar-refractivity contribution in [2.24, 2.45) is 0 Å². The van der Waals surface area contributed by atoms with Crippen molar-refractivity contribution in [1.82, 2.24) is 9.71 Å². The molecule has 2 rings (SSSR count). The van der Waals surface area contributed by atoms with Crippen LogP contribution < -0.4 is 4.72 Å². The molecular formula is C11H12N2O5S2. The number of nitrogens with zero attached hydrogens (tertiary/aromatic N) is 1. The van der Waals surface area contributed by atoms with Gasteiger partial charge in [0.1, 0.15) is 5.76 Å². The number of nitrogens with one attached hydrogen (secondary N) is 1. The molecule has 0 saturated carbocycles. The highest BCUT2D eigenvalue weighted by molar-refractivity contribution is 7.91. The first kappa shape index (κ1) is 14.7. The molecule has 2 aromatic rings. The Morgan fingerprint density at radius 1 is 1.55 bits per heavy atom. The molecule has 0 aromatic carbocycles. The number of furan rings is 1. The molecule has 0 bridgehead atoms. The Balaban J connectivity index is 2.27. The van der Waals surface area contributed by atoms with Gasteiger partial charge in [-0.15, -0.1) is 11.3 Å². The van der Waals surface area contributed by atoms with E-state index in [1.165, 1.54) is 11.8 Å². The lowest BCUT2D eigenvalue weighted by Gasteiger charge is -2.11. The van der Waals surface area contributed by atoms with Crippen LogP contribution in [0.25, 0.3) is 0 Å². The summed E-state index contributed by atoms with van der Waals surface area (Å²) in [4.78, 5) is 15.2. The number of hydrogen-bond acceptors (Lipinski definition) is 7. The second-order valence-electron chi connectivity index (χ2n) is 3.84. The number of aromatic nitrogens is 1. The summed E-state index contributed by atoms with van der Waals surface area (Å²) in [6.07, 6.45) is 1.45. The fourth-order valence-electron chi connectivity index (χ4n) is 1.54. The molecule has 0 spiro atoms. The number of rotatable bonds is 5. The Bertz CT molecular complexity index is 690. The largest absolute Gasteiger partial charge is 0.468 e. The van der Waals surface area contributed by atoms with Crippen LogP contribution in [-0.4, -0.2) is 26.5 Å². The average molecular weight is 316 g/mol. The molecule has 2 heterocycles. The molecule has 20 heavy (non-hydrogen) atoms. The first-order valence-corrected chi connectivity index (χ1v) is 7.89. The Kier molecular flexibility index (Phi) is 4.21. The zero-order chi connectivity index (χ0) is 14.8. The van der Waals surface area contributed by atoms with Crippen molar-refractivity contribution in [3.05, 3.63) is 35.4 Å². The molecule has 0 aliphatic carbocycles. The molecule has 9 heteroatoms. The van der Waals surface area contributed by atoms with Crippen LogP contribution >= 0.6 is 11.3 Å². The maximum atomic E-state index is 12.2. The number of sulfonamides is 1. The summed E-state index contributed by atoms with van der Waals surface area (Å²) in [5, 5.41) is 0. The monoisotopic (exact) mass is 316 g/mol. The molecule has 0 fully saturated rings. The summed E-state index contributed by atoms with van der Waals surface area (Å²) in [7, 11) is -2.72. The normalized spacial score (nSPS) is 13.1. The van der Waals surface area contributed by atoms with Crippen LogP contribution in [0.15, 0.2) is 32.5 Å². The standard InChI is InChI=1S/C11H12N2O5S2/c1-7(8-4-3-5-18-8)13-20(15,16)11-9(10(14)17-2)12-6-19-11/h3-7,13H,1-2H3/t7-/m0/s1. The number of carbonyl (C=O) groups is 1. The van der Waals surface area contributed by atoms with Gasteiger partial charge in [0.05, 0.1) is 24.9 Å². The van der Waals surface area contributed by atoms with Crippen molar-refractivity contribution in [1.29, 1.82) is 0 Å². The lowest BCUT2D eigenvalue weighted by Crippen LogP contribution is -2.27. The molecule has 0 radical (unpaired) electrons. The van der Waals surface area contributed by atoms with Crippen LogP contribution in [0.1, 0.15) is 29.2 Å². The Morgan fingerprint density at radius 3 is 2.90 bits per heavy atom. The third kappa shape index (κ3) is 2.89. The van der Waals surface area contributed by atoms with Crippen molar-refractivity contribution in [3.8, 4) is 0 Å². The van der Waals surface area contributed by atoms with Gasteiger partial charge in [-0.25, -0.2) is 18.2 Å². The van der Waals surface area contributed by atoms with E-state index in [1.807, 2.05) is 0 Å². The highest BCUT2D eigenvalue weighted by atomic mass is 32.2. The molecule has 2 aromatic heterocycles. The fourth-order valence-corrected chi connectivity index (χ4v) is 3.90.